The highest BCUT2D eigenvalue weighted by Gasteiger charge is 2.06. The van der Waals surface area contributed by atoms with Crippen LogP contribution >= 0.6 is 11.6 Å². The summed E-state index contributed by atoms with van der Waals surface area (Å²) in [5.74, 6) is -1.16. The Kier molecular flexibility index (Phi) is 5.57. The Morgan fingerprint density at radius 1 is 1.42 bits per heavy atom. The molecule has 4 nitrogen and oxygen atoms in total. The zero-order valence-electron chi connectivity index (χ0n) is 10.9. The van der Waals surface area contributed by atoms with Crippen molar-refractivity contribution in [1.29, 1.82) is 0 Å². The van der Waals surface area contributed by atoms with Crippen molar-refractivity contribution in [1.82, 2.24) is 4.90 Å². The van der Waals surface area contributed by atoms with E-state index >= 15 is 0 Å². The summed E-state index contributed by atoms with van der Waals surface area (Å²) in [6.07, 6.45) is 3.00. The molecule has 0 aliphatic rings. The number of benzene rings is 1. The molecule has 0 spiro atoms. The third kappa shape index (κ3) is 5.14. The van der Waals surface area contributed by atoms with E-state index in [4.69, 9.17) is 16.7 Å². The topological polar surface area (TPSA) is 57.6 Å². The molecule has 1 N–H and O–H groups in total. The minimum atomic E-state index is -0.922. The van der Waals surface area contributed by atoms with Gasteiger partial charge in [-0.1, -0.05) is 23.7 Å². The lowest BCUT2D eigenvalue weighted by atomic mass is 10.1. The van der Waals surface area contributed by atoms with Crippen LogP contribution in [0, 0.1) is 6.92 Å². The fourth-order valence-electron chi connectivity index (χ4n) is 1.38. The number of nitrogens with zero attached hydrogens (tertiary/aromatic N) is 1. The number of carbonyl (C=O) groups excluding carboxylic acids is 1. The third-order valence-corrected chi connectivity index (χ3v) is 3.06. The van der Waals surface area contributed by atoms with Gasteiger partial charge in [0.25, 0.3) is 0 Å². The number of amides is 1. The van der Waals surface area contributed by atoms with Crippen LogP contribution in [0.25, 0.3) is 6.08 Å². The Hall–Kier alpha value is -1.81. The summed E-state index contributed by atoms with van der Waals surface area (Å²) in [4.78, 5) is 23.5. The molecule has 0 unspecified atom stereocenters. The van der Waals surface area contributed by atoms with Gasteiger partial charge in [0.2, 0.25) is 5.91 Å². The maximum atomic E-state index is 11.7. The van der Waals surface area contributed by atoms with E-state index in [0.29, 0.717) is 5.02 Å². The number of carboxylic acid groups (broad SMARTS) is 1. The average molecular weight is 282 g/mol. The Morgan fingerprint density at radius 2 is 2.11 bits per heavy atom. The van der Waals surface area contributed by atoms with Crippen LogP contribution in [0.3, 0.4) is 0 Å². The lowest BCUT2D eigenvalue weighted by molar-refractivity contribution is -0.137. The molecule has 1 aromatic carbocycles. The van der Waals surface area contributed by atoms with Gasteiger partial charge in [-0.2, -0.15) is 0 Å². The first kappa shape index (κ1) is 15.2. The van der Waals surface area contributed by atoms with Crippen molar-refractivity contribution in [3.05, 3.63) is 40.4 Å². The smallest absolute Gasteiger partial charge is 0.305 e. The van der Waals surface area contributed by atoms with E-state index in [1.54, 1.807) is 19.2 Å². The third-order valence-electron chi connectivity index (χ3n) is 2.65. The molecule has 0 aliphatic carbocycles. The number of likely N-dealkylation sites (N-methyl/N-ethyl adjacent to an activating group) is 1. The molecule has 0 aromatic heterocycles. The maximum absolute atomic E-state index is 11.7. The van der Waals surface area contributed by atoms with E-state index in [2.05, 4.69) is 0 Å². The summed E-state index contributed by atoms with van der Waals surface area (Å²) in [5, 5.41) is 9.18. The summed E-state index contributed by atoms with van der Waals surface area (Å²) < 4.78 is 0. The van der Waals surface area contributed by atoms with Gasteiger partial charge < -0.3 is 10.0 Å². The van der Waals surface area contributed by atoms with E-state index in [-0.39, 0.29) is 18.9 Å². The van der Waals surface area contributed by atoms with Crippen LogP contribution < -0.4 is 0 Å². The zero-order chi connectivity index (χ0) is 14.4. The van der Waals surface area contributed by atoms with E-state index < -0.39 is 5.97 Å². The average Bonchev–Trinajstić information content (AvgIpc) is 2.36. The summed E-state index contributed by atoms with van der Waals surface area (Å²) >= 11 is 5.98. The first-order valence-corrected chi connectivity index (χ1v) is 6.19. The van der Waals surface area contributed by atoms with E-state index in [0.717, 1.165) is 11.1 Å². The highest BCUT2D eigenvalue weighted by atomic mass is 35.5. The molecule has 0 saturated carbocycles. The van der Waals surface area contributed by atoms with Crippen molar-refractivity contribution >= 4 is 29.6 Å². The van der Waals surface area contributed by atoms with Crippen LogP contribution in [0.5, 0.6) is 0 Å². The molecule has 0 saturated heterocycles. The Bertz CT molecular complexity index is 511. The normalized spacial score (nSPS) is 10.7. The van der Waals surface area contributed by atoms with Gasteiger partial charge in [0.15, 0.2) is 0 Å². The summed E-state index contributed by atoms with van der Waals surface area (Å²) in [7, 11) is 1.57. The number of carboxylic acids is 1. The molecule has 19 heavy (non-hydrogen) atoms. The van der Waals surface area contributed by atoms with Crippen LogP contribution in [0.15, 0.2) is 24.3 Å². The van der Waals surface area contributed by atoms with Gasteiger partial charge in [0.05, 0.1) is 6.42 Å². The Morgan fingerprint density at radius 3 is 2.68 bits per heavy atom. The molecular weight excluding hydrogens is 266 g/mol. The van der Waals surface area contributed by atoms with Crippen LogP contribution in [-0.4, -0.2) is 35.5 Å². The van der Waals surface area contributed by atoms with Gasteiger partial charge in [0, 0.05) is 24.7 Å². The van der Waals surface area contributed by atoms with Crippen molar-refractivity contribution in [3.63, 3.8) is 0 Å². The molecule has 1 aromatic rings. The second-order valence-corrected chi connectivity index (χ2v) is 4.65. The summed E-state index contributed by atoms with van der Waals surface area (Å²) in [6, 6.07) is 5.51. The number of carbonyl (C=O) groups is 2. The van der Waals surface area contributed by atoms with E-state index in [1.807, 2.05) is 19.1 Å². The number of aryl methyl sites for hydroxylation is 1. The first-order chi connectivity index (χ1) is 8.90. The highest BCUT2D eigenvalue weighted by Crippen LogP contribution is 2.17. The van der Waals surface area contributed by atoms with Crippen LogP contribution in [0.4, 0.5) is 0 Å². The molecule has 0 aliphatic heterocycles. The lowest BCUT2D eigenvalue weighted by Crippen LogP contribution is -2.27. The number of halogens is 1. The second-order valence-electron chi connectivity index (χ2n) is 4.25. The molecule has 102 valence electrons. The van der Waals surface area contributed by atoms with Gasteiger partial charge in [0.1, 0.15) is 0 Å². The summed E-state index contributed by atoms with van der Waals surface area (Å²) in [6.45, 7) is 2.09. The molecular formula is C14H16ClNO3. The zero-order valence-corrected chi connectivity index (χ0v) is 11.6. The molecule has 0 bridgehead atoms. The number of hydrogen-bond acceptors (Lipinski definition) is 2. The molecule has 0 radical (unpaired) electrons. The standard InChI is InChI=1S/C14H16ClNO3/c1-10-3-4-11(9-12(10)15)5-6-13(17)16(2)8-7-14(18)19/h3-6,9H,7-8H2,1-2H3,(H,18,19). The van der Waals surface area contributed by atoms with Crippen molar-refractivity contribution in [2.24, 2.45) is 0 Å². The lowest BCUT2D eigenvalue weighted by Gasteiger charge is -2.13. The molecule has 0 fully saturated rings. The number of aliphatic carboxylic acids is 1. The predicted molar refractivity (Wildman–Crippen MR) is 75.1 cm³/mol. The van der Waals surface area contributed by atoms with Gasteiger partial charge in [-0.3, -0.25) is 9.59 Å². The molecule has 1 rings (SSSR count). The van der Waals surface area contributed by atoms with Crippen LogP contribution in [0.2, 0.25) is 5.02 Å². The van der Waals surface area contributed by atoms with E-state index in [1.165, 1.54) is 11.0 Å². The SMILES string of the molecule is Cc1ccc(C=CC(=O)N(C)CCC(=O)O)cc1Cl. The van der Waals surface area contributed by atoms with Gasteiger partial charge in [-0.15, -0.1) is 0 Å². The maximum Gasteiger partial charge on any atom is 0.305 e. The Labute approximate surface area is 117 Å². The quantitative estimate of drug-likeness (QED) is 0.844. The fourth-order valence-corrected chi connectivity index (χ4v) is 1.57. The van der Waals surface area contributed by atoms with E-state index in [9.17, 15) is 9.59 Å². The number of hydrogen-bond donors (Lipinski definition) is 1. The molecule has 0 heterocycles. The van der Waals surface area contributed by atoms with Crippen molar-refractivity contribution < 1.29 is 14.7 Å². The Balaban J connectivity index is 2.62. The minimum Gasteiger partial charge on any atom is -0.481 e. The van der Waals surface area contributed by atoms with Crippen molar-refractivity contribution in [3.8, 4) is 0 Å². The van der Waals surface area contributed by atoms with Crippen LogP contribution in [0.1, 0.15) is 17.5 Å². The number of rotatable bonds is 5. The van der Waals surface area contributed by atoms with Crippen molar-refractivity contribution in [2.75, 3.05) is 13.6 Å². The summed E-state index contributed by atoms with van der Waals surface area (Å²) in [5.41, 5.74) is 1.80. The van der Waals surface area contributed by atoms with Crippen LogP contribution in [-0.2, 0) is 9.59 Å². The second kappa shape index (κ2) is 6.95. The predicted octanol–water partition coefficient (Wildman–Crippen LogP) is 2.59. The van der Waals surface area contributed by atoms with Crippen molar-refractivity contribution in [2.45, 2.75) is 13.3 Å². The van der Waals surface area contributed by atoms with Gasteiger partial charge in [-0.05, 0) is 30.2 Å². The fraction of sp³-hybridized carbons (Fsp3) is 0.286. The van der Waals surface area contributed by atoms with Gasteiger partial charge in [-0.25, -0.2) is 0 Å². The largest absolute Gasteiger partial charge is 0.481 e. The van der Waals surface area contributed by atoms with Gasteiger partial charge >= 0.3 is 5.97 Å². The molecule has 0 atom stereocenters. The first-order valence-electron chi connectivity index (χ1n) is 5.81. The highest BCUT2D eigenvalue weighted by molar-refractivity contribution is 6.31. The minimum absolute atomic E-state index is 0.0631. The monoisotopic (exact) mass is 281 g/mol. The molecule has 5 heteroatoms. The molecule has 1 amide bonds.